The molecule has 9 heteroatoms. The van der Waals surface area contributed by atoms with Gasteiger partial charge in [-0.1, -0.05) is 13.2 Å². The lowest BCUT2D eigenvalue weighted by Crippen LogP contribution is -2.46. The quantitative estimate of drug-likeness (QED) is 0.218. The minimum Gasteiger partial charge on any atom is -0.444 e. The van der Waals surface area contributed by atoms with Crippen LogP contribution in [0.5, 0.6) is 0 Å². The van der Waals surface area contributed by atoms with Crippen molar-refractivity contribution in [1.29, 1.82) is 0 Å². The summed E-state index contributed by atoms with van der Waals surface area (Å²) >= 11 is 0. The van der Waals surface area contributed by atoms with Gasteiger partial charge in [0.15, 0.2) is 0 Å². The first-order chi connectivity index (χ1) is 17.8. The second-order valence-corrected chi connectivity index (χ2v) is 10.3. The third-order valence-electron chi connectivity index (χ3n) is 5.42. The van der Waals surface area contributed by atoms with Gasteiger partial charge in [0, 0.05) is 54.4 Å². The van der Waals surface area contributed by atoms with Crippen LogP contribution >= 0.6 is 0 Å². The molecule has 0 saturated carbocycles. The summed E-state index contributed by atoms with van der Waals surface area (Å²) in [6, 6.07) is 5.87. The van der Waals surface area contributed by atoms with Crippen LogP contribution in [0.2, 0.25) is 0 Å². The van der Waals surface area contributed by atoms with Crippen LogP contribution in [0.3, 0.4) is 0 Å². The summed E-state index contributed by atoms with van der Waals surface area (Å²) in [5.41, 5.74) is 1.82. The molecule has 0 saturated heterocycles. The SMILES string of the molecule is C=C/C(=C\C(=C)C=O)Nc1nccc(-c2ccc(N(CCN(C(=O)OC(C)(C)C)C(C)C)C(C)C)nc2)n1. The van der Waals surface area contributed by atoms with Gasteiger partial charge >= 0.3 is 6.09 Å². The molecule has 204 valence electrons. The van der Waals surface area contributed by atoms with Crippen molar-refractivity contribution < 1.29 is 14.3 Å². The molecule has 0 aliphatic rings. The summed E-state index contributed by atoms with van der Waals surface area (Å²) in [4.78, 5) is 41.0. The Hall–Kier alpha value is -4.01. The number of amides is 1. The normalized spacial score (nSPS) is 11.8. The van der Waals surface area contributed by atoms with E-state index in [1.807, 2.05) is 46.8 Å². The van der Waals surface area contributed by atoms with Crippen molar-refractivity contribution in [1.82, 2.24) is 19.9 Å². The van der Waals surface area contributed by atoms with E-state index in [1.165, 1.54) is 0 Å². The lowest BCUT2D eigenvalue weighted by Gasteiger charge is -2.34. The van der Waals surface area contributed by atoms with Gasteiger partial charge in [-0.25, -0.2) is 19.7 Å². The third kappa shape index (κ3) is 9.14. The van der Waals surface area contributed by atoms with E-state index in [0.717, 1.165) is 11.4 Å². The Morgan fingerprint density at radius 2 is 1.82 bits per heavy atom. The van der Waals surface area contributed by atoms with Crippen molar-refractivity contribution in [3.8, 4) is 11.3 Å². The second kappa shape index (κ2) is 13.5. The molecular formula is C29H40N6O3. The number of ether oxygens (including phenoxy) is 1. The molecule has 2 aromatic rings. The molecule has 0 bridgehead atoms. The zero-order valence-electron chi connectivity index (χ0n) is 23.6. The number of pyridine rings is 1. The number of carbonyl (C=O) groups is 2. The van der Waals surface area contributed by atoms with Crippen LogP contribution in [0.4, 0.5) is 16.6 Å². The molecule has 0 aliphatic heterocycles. The Morgan fingerprint density at radius 3 is 2.34 bits per heavy atom. The predicted molar refractivity (Wildman–Crippen MR) is 153 cm³/mol. The van der Waals surface area contributed by atoms with Crippen molar-refractivity contribution in [2.75, 3.05) is 23.3 Å². The average Bonchev–Trinajstić information content (AvgIpc) is 2.84. The first-order valence-corrected chi connectivity index (χ1v) is 12.7. The van der Waals surface area contributed by atoms with Crippen LogP contribution in [-0.4, -0.2) is 63.0 Å². The maximum atomic E-state index is 12.7. The number of rotatable bonds is 12. The molecule has 38 heavy (non-hydrogen) atoms. The number of nitrogens with one attached hydrogen (secondary N) is 1. The number of aldehydes is 1. The molecule has 0 spiro atoms. The summed E-state index contributed by atoms with van der Waals surface area (Å²) in [5.74, 6) is 1.16. The van der Waals surface area contributed by atoms with E-state index in [4.69, 9.17) is 9.72 Å². The van der Waals surface area contributed by atoms with Crippen LogP contribution in [-0.2, 0) is 9.53 Å². The van der Waals surface area contributed by atoms with E-state index in [0.29, 0.717) is 42.3 Å². The summed E-state index contributed by atoms with van der Waals surface area (Å²) in [6.45, 7) is 22.2. The van der Waals surface area contributed by atoms with Crippen LogP contribution in [0, 0.1) is 0 Å². The van der Waals surface area contributed by atoms with Gasteiger partial charge < -0.3 is 19.9 Å². The maximum absolute atomic E-state index is 12.7. The topological polar surface area (TPSA) is 101 Å². The number of carbonyl (C=O) groups excluding carboxylic acids is 2. The molecule has 1 N–H and O–H groups in total. The smallest absolute Gasteiger partial charge is 0.410 e. The fourth-order valence-electron chi connectivity index (χ4n) is 3.53. The maximum Gasteiger partial charge on any atom is 0.410 e. The zero-order valence-corrected chi connectivity index (χ0v) is 23.6. The van der Waals surface area contributed by atoms with E-state index in [-0.39, 0.29) is 18.2 Å². The fraction of sp³-hybridized carbons (Fsp3) is 0.414. The number of hydrogen-bond acceptors (Lipinski definition) is 8. The Morgan fingerprint density at radius 1 is 1.11 bits per heavy atom. The van der Waals surface area contributed by atoms with Gasteiger partial charge in [0.1, 0.15) is 17.7 Å². The van der Waals surface area contributed by atoms with E-state index >= 15 is 0 Å². The highest BCUT2D eigenvalue weighted by Gasteiger charge is 2.25. The molecular weight excluding hydrogens is 480 g/mol. The summed E-state index contributed by atoms with van der Waals surface area (Å²) < 4.78 is 5.60. The minimum atomic E-state index is -0.552. The average molecular weight is 521 g/mol. The summed E-state index contributed by atoms with van der Waals surface area (Å²) in [7, 11) is 0. The zero-order chi connectivity index (χ0) is 28.5. The molecule has 0 fully saturated rings. The lowest BCUT2D eigenvalue weighted by atomic mass is 10.2. The molecule has 2 rings (SSSR count). The Labute approximate surface area is 226 Å². The van der Waals surface area contributed by atoms with E-state index in [1.54, 1.807) is 35.5 Å². The Balaban J connectivity index is 2.19. The van der Waals surface area contributed by atoms with Crippen molar-refractivity contribution >= 4 is 24.1 Å². The monoisotopic (exact) mass is 520 g/mol. The van der Waals surface area contributed by atoms with Crippen molar-refractivity contribution in [3.63, 3.8) is 0 Å². The highest BCUT2D eigenvalue weighted by Crippen LogP contribution is 2.22. The first kappa shape index (κ1) is 30.2. The van der Waals surface area contributed by atoms with Gasteiger partial charge in [-0.15, -0.1) is 0 Å². The molecule has 1 amide bonds. The molecule has 0 aromatic carbocycles. The van der Waals surface area contributed by atoms with Gasteiger partial charge in [0.2, 0.25) is 5.95 Å². The summed E-state index contributed by atoms with van der Waals surface area (Å²) in [5, 5.41) is 3.04. The number of nitrogens with zero attached hydrogens (tertiary/aromatic N) is 5. The molecule has 0 radical (unpaired) electrons. The van der Waals surface area contributed by atoms with Gasteiger partial charge in [0.25, 0.3) is 0 Å². The molecule has 2 aromatic heterocycles. The Kier molecular flexibility index (Phi) is 10.7. The fourth-order valence-corrected chi connectivity index (χ4v) is 3.53. The largest absolute Gasteiger partial charge is 0.444 e. The number of anilines is 2. The van der Waals surface area contributed by atoms with E-state index in [9.17, 15) is 9.59 Å². The van der Waals surface area contributed by atoms with Crippen molar-refractivity contribution in [2.45, 2.75) is 66.2 Å². The van der Waals surface area contributed by atoms with Crippen molar-refractivity contribution in [3.05, 3.63) is 67.2 Å². The highest BCUT2D eigenvalue weighted by atomic mass is 16.6. The van der Waals surface area contributed by atoms with Crippen LogP contribution in [0.25, 0.3) is 11.3 Å². The number of allylic oxidation sites excluding steroid dienone is 3. The molecule has 0 aliphatic carbocycles. The second-order valence-electron chi connectivity index (χ2n) is 10.3. The lowest BCUT2D eigenvalue weighted by molar-refractivity contribution is -0.104. The van der Waals surface area contributed by atoms with Gasteiger partial charge in [-0.05, 0) is 78.8 Å². The van der Waals surface area contributed by atoms with Gasteiger partial charge in [-0.2, -0.15) is 0 Å². The standard InChI is InChI=1S/C29H40N6O3/c1-10-24(17-22(6)19-36)32-27-30-14-13-25(33-27)23-11-12-26(31-18-23)34(20(2)3)15-16-35(21(4)5)28(37)38-29(7,8)9/h10-14,17-21H,1,6,15-16H2,2-5,7-9H3,(H,30,32,33)/b24-17+. The predicted octanol–water partition coefficient (Wildman–Crippen LogP) is 5.64. The van der Waals surface area contributed by atoms with Gasteiger partial charge in [-0.3, -0.25) is 4.79 Å². The molecule has 9 nitrogen and oxygen atoms in total. The molecule has 0 atom stereocenters. The Bertz CT molecular complexity index is 1150. The number of hydrogen-bond donors (Lipinski definition) is 1. The van der Waals surface area contributed by atoms with Crippen molar-refractivity contribution in [2.24, 2.45) is 0 Å². The van der Waals surface area contributed by atoms with Gasteiger partial charge in [0.05, 0.1) is 5.69 Å². The van der Waals surface area contributed by atoms with E-state index in [2.05, 4.69) is 47.2 Å². The highest BCUT2D eigenvalue weighted by molar-refractivity contribution is 5.77. The molecule has 0 unspecified atom stereocenters. The van der Waals surface area contributed by atoms with E-state index < -0.39 is 5.60 Å². The van der Waals surface area contributed by atoms with Crippen LogP contribution < -0.4 is 10.2 Å². The van der Waals surface area contributed by atoms with Crippen LogP contribution in [0.1, 0.15) is 48.5 Å². The minimum absolute atomic E-state index is 0.00252. The van der Waals surface area contributed by atoms with Crippen LogP contribution in [0.15, 0.2) is 67.2 Å². The number of aromatic nitrogens is 3. The third-order valence-corrected chi connectivity index (χ3v) is 5.42. The summed E-state index contributed by atoms with van der Waals surface area (Å²) in [6.07, 6.45) is 6.88. The first-order valence-electron chi connectivity index (χ1n) is 12.7. The molecule has 2 heterocycles.